The smallest absolute Gasteiger partial charge is 0.339 e. The van der Waals surface area contributed by atoms with E-state index in [1.165, 1.54) is 6.07 Å². The summed E-state index contributed by atoms with van der Waals surface area (Å²) < 4.78 is 10.9. The van der Waals surface area contributed by atoms with Crippen LogP contribution in [0.4, 0.5) is 0 Å². The van der Waals surface area contributed by atoms with Crippen molar-refractivity contribution in [1.29, 1.82) is 0 Å². The van der Waals surface area contributed by atoms with Gasteiger partial charge in [-0.05, 0) is 49.1 Å². The van der Waals surface area contributed by atoms with Crippen LogP contribution in [0.3, 0.4) is 0 Å². The summed E-state index contributed by atoms with van der Waals surface area (Å²) in [5.74, 6) is -1.27. The van der Waals surface area contributed by atoms with Crippen molar-refractivity contribution in [2.45, 2.75) is 57.3 Å². The molecule has 2 aromatic rings. The molecule has 2 aromatic carbocycles. The summed E-state index contributed by atoms with van der Waals surface area (Å²) in [6, 6.07) is 14.5. The molecule has 2 unspecified atom stereocenters. The van der Waals surface area contributed by atoms with Gasteiger partial charge in [0, 0.05) is 12.5 Å². The average molecular weight is 407 g/mol. The molecule has 4 rings (SSSR count). The Balaban J connectivity index is 1.44. The van der Waals surface area contributed by atoms with Gasteiger partial charge in [0.05, 0.1) is 11.1 Å². The Morgan fingerprint density at radius 1 is 1.10 bits per heavy atom. The van der Waals surface area contributed by atoms with Gasteiger partial charge in [0.2, 0.25) is 0 Å². The quantitative estimate of drug-likeness (QED) is 0.764. The number of benzene rings is 2. The lowest BCUT2D eigenvalue weighted by Gasteiger charge is -2.25. The van der Waals surface area contributed by atoms with E-state index >= 15 is 0 Å². The van der Waals surface area contributed by atoms with Gasteiger partial charge >= 0.3 is 11.9 Å². The Morgan fingerprint density at radius 3 is 2.57 bits per heavy atom. The van der Waals surface area contributed by atoms with E-state index in [0.29, 0.717) is 17.5 Å². The predicted octanol–water partition coefficient (Wildman–Crippen LogP) is 3.74. The number of fused-ring (bicyclic) bond motifs is 1. The molecule has 156 valence electrons. The Kier molecular flexibility index (Phi) is 5.84. The van der Waals surface area contributed by atoms with Crippen LogP contribution in [0.2, 0.25) is 0 Å². The molecule has 6 nitrogen and oxygen atoms in total. The first-order chi connectivity index (χ1) is 14.5. The number of hydrogen-bond donors (Lipinski definition) is 1. The van der Waals surface area contributed by atoms with Crippen LogP contribution >= 0.6 is 0 Å². The lowest BCUT2D eigenvalue weighted by Crippen LogP contribution is -2.40. The molecule has 1 heterocycles. The lowest BCUT2D eigenvalue weighted by atomic mass is 9.93. The minimum atomic E-state index is -0.879. The average Bonchev–Trinajstić information content (AvgIpc) is 3.26. The molecule has 1 saturated carbocycles. The van der Waals surface area contributed by atoms with Gasteiger partial charge in [-0.1, -0.05) is 43.2 Å². The summed E-state index contributed by atoms with van der Waals surface area (Å²) in [6.07, 6.45) is 3.36. The predicted molar refractivity (Wildman–Crippen MR) is 110 cm³/mol. The van der Waals surface area contributed by atoms with Crippen LogP contribution in [0.1, 0.15) is 70.6 Å². The second-order valence-corrected chi connectivity index (χ2v) is 7.92. The SMILES string of the molecule is CC(OC(=O)c1ccc2c(c1)CC(c1ccccc1)OC2=O)C(=O)NC1CCCC1. The van der Waals surface area contributed by atoms with Crippen LogP contribution in [0, 0.1) is 0 Å². The van der Waals surface area contributed by atoms with E-state index in [4.69, 9.17) is 9.47 Å². The van der Waals surface area contributed by atoms with Crippen molar-refractivity contribution in [2.24, 2.45) is 0 Å². The van der Waals surface area contributed by atoms with Crippen LogP contribution < -0.4 is 5.32 Å². The summed E-state index contributed by atoms with van der Waals surface area (Å²) >= 11 is 0. The third kappa shape index (κ3) is 4.37. The monoisotopic (exact) mass is 407 g/mol. The fourth-order valence-corrected chi connectivity index (χ4v) is 4.05. The Labute approximate surface area is 175 Å². The molecule has 1 aliphatic heterocycles. The number of hydrogen-bond acceptors (Lipinski definition) is 5. The van der Waals surface area contributed by atoms with Gasteiger partial charge in [0.25, 0.3) is 5.91 Å². The zero-order chi connectivity index (χ0) is 21.1. The van der Waals surface area contributed by atoms with Crippen LogP contribution in [0.5, 0.6) is 0 Å². The number of rotatable bonds is 5. The number of carbonyl (C=O) groups excluding carboxylic acids is 3. The molecule has 0 spiro atoms. The molecule has 2 aliphatic rings. The normalized spacial score (nSPS) is 19.5. The highest BCUT2D eigenvalue weighted by atomic mass is 16.6. The second kappa shape index (κ2) is 8.69. The van der Waals surface area contributed by atoms with Crippen molar-refractivity contribution in [1.82, 2.24) is 5.32 Å². The molecule has 1 fully saturated rings. The van der Waals surface area contributed by atoms with E-state index in [1.54, 1.807) is 19.1 Å². The first-order valence-corrected chi connectivity index (χ1v) is 10.4. The fourth-order valence-electron chi connectivity index (χ4n) is 4.05. The molecule has 2 atom stereocenters. The molecule has 30 heavy (non-hydrogen) atoms. The van der Waals surface area contributed by atoms with Crippen LogP contribution in [0.15, 0.2) is 48.5 Å². The van der Waals surface area contributed by atoms with Crippen molar-refractivity contribution in [3.05, 3.63) is 70.8 Å². The highest BCUT2D eigenvalue weighted by molar-refractivity contribution is 5.96. The van der Waals surface area contributed by atoms with Crippen molar-refractivity contribution >= 4 is 17.8 Å². The first kappa shape index (κ1) is 20.1. The molecule has 0 bridgehead atoms. The maximum absolute atomic E-state index is 12.6. The minimum absolute atomic E-state index is 0.170. The summed E-state index contributed by atoms with van der Waals surface area (Å²) in [4.78, 5) is 37.3. The van der Waals surface area contributed by atoms with Crippen molar-refractivity contribution in [3.63, 3.8) is 0 Å². The number of cyclic esters (lactones) is 1. The zero-order valence-electron chi connectivity index (χ0n) is 16.9. The zero-order valence-corrected chi connectivity index (χ0v) is 16.9. The number of amides is 1. The lowest BCUT2D eigenvalue weighted by molar-refractivity contribution is -0.129. The maximum Gasteiger partial charge on any atom is 0.339 e. The van der Waals surface area contributed by atoms with Gasteiger partial charge in [-0.25, -0.2) is 9.59 Å². The number of carbonyl (C=O) groups is 3. The molecule has 0 saturated heterocycles. The number of nitrogens with one attached hydrogen (secondary N) is 1. The van der Waals surface area contributed by atoms with Crippen LogP contribution in [0.25, 0.3) is 0 Å². The summed E-state index contributed by atoms with van der Waals surface area (Å²) in [6.45, 7) is 1.57. The highest BCUT2D eigenvalue weighted by Crippen LogP contribution is 2.31. The first-order valence-electron chi connectivity index (χ1n) is 10.4. The third-order valence-corrected chi connectivity index (χ3v) is 5.74. The standard InChI is InChI=1S/C24H25NO5/c1-15(22(26)25-19-9-5-6-10-19)29-23(27)17-11-12-20-18(13-17)14-21(30-24(20)28)16-7-3-2-4-8-16/h2-4,7-8,11-13,15,19,21H,5-6,9-10,14H2,1H3,(H,25,26). The van der Waals surface area contributed by atoms with E-state index in [1.807, 2.05) is 30.3 Å². The summed E-state index contributed by atoms with van der Waals surface area (Å²) in [5, 5.41) is 2.94. The molecule has 0 aromatic heterocycles. The Bertz CT molecular complexity index is 949. The van der Waals surface area contributed by atoms with Gasteiger partial charge in [-0.3, -0.25) is 4.79 Å². The summed E-state index contributed by atoms with van der Waals surface area (Å²) in [7, 11) is 0. The molecule has 1 N–H and O–H groups in total. The largest absolute Gasteiger partial charge is 0.454 e. The van der Waals surface area contributed by atoms with Crippen molar-refractivity contribution in [2.75, 3.05) is 0 Å². The molecule has 1 aliphatic carbocycles. The maximum atomic E-state index is 12.6. The van der Waals surface area contributed by atoms with Crippen molar-refractivity contribution < 1.29 is 23.9 Å². The van der Waals surface area contributed by atoms with E-state index in [-0.39, 0.29) is 11.9 Å². The third-order valence-electron chi connectivity index (χ3n) is 5.74. The van der Waals surface area contributed by atoms with Gasteiger partial charge in [0.1, 0.15) is 6.10 Å². The van der Waals surface area contributed by atoms with Crippen molar-refractivity contribution in [3.8, 4) is 0 Å². The molecular weight excluding hydrogens is 382 g/mol. The fraction of sp³-hybridized carbons (Fsp3) is 0.375. The topological polar surface area (TPSA) is 81.7 Å². The van der Waals surface area contributed by atoms with E-state index in [2.05, 4.69) is 5.32 Å². The van der Waals surface area contributed by atoms with E-state index < -0.39 is 24.1 Å². The van der Waals surface area contributed by atoms with Crippen LogP contribution in [-0.4, -0.2) is 30.0 Å². The van der Waals surface area contributed by atoms with Gasteiger partial charge in [0.15, 0.2) is 6.10 Å². The minimum Gasteiger partial charge on any atom is -0.454 e. The molecule has 1 amide bonds. The van der Waals surface area contributed by atoms with E-state index in [0.717, 1.165) is 36.8 Å². The Hall–Kier alpha value is -3.15. The van der Waals surface area contributed by atoms with E-state index in [9.17, 15) is 14.4 Å². The molecular formula is C24H25NO5. The van der Waals surface area contributed by atoms with Gasteiger partial charge < -0.3 is 14.8 Å². The molecule has 0 radical (unpaired) electrons. The Morgan fingerprint density at radius 2 is 1.83 bits per heavy atom. The molecule has 6 heteroatoms. The second-order valence-electron chi connectivity index (χ2n) is 7.92. The van der Waals surface area contributed by atoms with Crippen LogP contribution in [-0.2, 0) is 20.7 Å². The van der Waals surface area contributed by atoms with Gasteiger partial charge in [-0.2, -0.15) is 0 Å². The van der Waals surface area contributed by atoms with Gasteiger partial charge in [-0.15, -0.1) is 0 Å². The summed E-state index contributed by atoms with van der Waals surface area (Å²) in [5.41, 5.74) is 2.40. The number of ether oxygens (including phenoxy) is 2. The number of esters is 2. The highest BCUT2D eigenvalue weighted by Gasteiger charge is 2.29.